The van der Waals surface area contributed by atoms with Crippen LogP contribution in [0.25, 0.3) is 16.8 Å². The van der Waals surface area contributed by atoms with Crippen molar-refractivity contribution in [2.24, 2.45) is 0 Å². The van der Waals surface area contributed by atoms with Gasteiger partial charge in [0.15, 0.2) is 0 Å². The molecule has 0 unspecified atom stereocenters. The number of aryl methyl sites for hydroxylation is 1. The molecule has 0 saturated carbocycles. The third-order valence-electron chi connectivity index (χ3n) is 3.21. The third kappa shape index (κ3) is 2.37. The van der Waals surface area contributed by atoms with Gasteiger partial charge in [0, 0.05) is 41.5 Å². The van der Waals surface area contributed by atoms with Crippen LogP contribution < -0.4 is 4.74 Å². The SMILES string of the molecule is CCCOc1ccc(-c2ccc3nccn3c2)c(C)n1. The van der Waals surface area contributed by atoms with Gasteiger partial charge in [-0.25, -0.2) is 9.97 Å². The summed E-state index contributed by atoms with van der Waals surface area (Å²) in [7, 11) is 0. The molecule has 0 radical (unpaired) electrons. The van der Waals surface area contributed by atoms with Crippen LogP contribution in [-0.2, 0) is 0 Å². The van der Waals surface area contributed by atoms with Gasteiger partial charge in [-0.2, -0.15) is 0 Å². The molecule has 0 spiro atoms. The van der Waals surface area contributed by atoms with Gasteiger partial charge in [0.2, 0.25) is 5.88 Å². The number of ether oxygens (including phenoxy) is 1. The van der Waals surface area contributed by atoms with E-state index in [1.807, 2.05) is 29.7 Å². The Bertz CT molecular complexity index is 733. The number of nitrogens with zero attached hydrogens (tertiary/aromatic N) is 3. The minimum Gasteiger partial charge on any atom is -0.478 e. The van der Waals surface area contributed by atoms with Crippen molar-refractivity contribution in [1.29, 1.82) is 0 Å². The number of hydrogen-bond acceptors (Lipinski definition) is 3. The predicted octanol–water partition coefficient (Wildman–Crippen LogP) is 3.49. The van der Waals surface area contributed by atoms with Gasteiger partial charge in [-0.3, -0.25) is 0 Å². The van der Waals surface area contributed by atoms with Crippen molar-refractivity contribution >= 4 is 5.65 Å². The second-order valence-corrected chi connectivity index (χ2v) is 4.74. The quantitative estimate of drug-likeness (QED) is 0.726. The van der Waals surface area contributed by atoms with Crippen LogP contribution in [0.15, 0.2) is 42.9 Å². The summed E-state index contributed by atoms with van der Waals surface area (Å²) in [6.45, 7) is 4.79. The average Bonchev–Trinajstić information content (AvgIpc) is 2.92. The molecule has 0 aliphatic heterocycles. The number of fused-ring (bicyclic) bond motifs is 1. The molecule has 0 amide bonds. The Labute approximate surface area is 118 Å². The largest absolute Gasteiger partial charge is 0.478 e. The Morgan fingerprint density at radius 2 is 2.10 bits per heavy atom. The fourth-order valence-corrected chi connectivity index (χ4v) is 2.21. The van der Waals surface area contributed by atoms with Crippen molar-refractivity contribution in [3.05, 3.63) is 48.5 Å². The van der Waals surface area contributed by atoms with E-state index in [1.54, 1.807) is 6.20 Å². The lowest BCUT2D eigenvalue weighted by Gasteiger charge is -2.09. The van der Waals surface area contributed by atoms with E-state index in [-0.39, 0.29) is 0 Å². The number of pyridine rings is 2. The highest BCUT2D eigenvalue weighted by Gasteiger charge is 2.06. The summed E-state index contributed by atoms with van der Waals surface area (Å²) in [6, 6.07) is 8.07. The molecule has 20 heavy (non-hydrogen) atoms. The highest BCUT2D eigenvalue weighted by Crippen LogP contribution is 2.24. The van der Waals surface area contributed by atoms with Crippen LogP contribution in [0.2, 0.25) is 0 Å². The van der Waals surface area contributed by atoms with Gasteiger partial charge in [-0.1, -0.05) is 6.92 Å². The fourth-order valence-electron chi connectivity index (χ4n) is 2.21. The standard InChI is InChI=1S/C16H17N3O/c1-3-10-20-16-7-5-14(12(2)18-16)13-4-6-15-17-8-9-19(15)11-13/h4-9,11H,3,10H2,1-2H3. The lowest BCUT2D eigenvalue weighted by Crippen LogP contribution is -1.99. The highest BCUT2D eigenvalue weighted by atomic mass is 16.5. The molecule has 0 bridgehead atoms. The van der Waals surface area contributed by atoms with E-state index in [9.17, 15) is 0 Å². The summed E-state index contributed by atoms with van der Waals surface area (Å²) in [4.78, 5) is 8.76. The smallest absolute Gasteiger partial charge is 0.213 e. The molecule has 0 aliphatic carbocycles. The maximum absolute atomic E-state index is 5.56. The summed E-state index contributed by atoms with van der Waals surface area (Å²) >= 11 is 0. The molecule has 3 rings (SSSR count). The average molecular weight is 267 g/mol. The van der Waals surface area contributed by atoms with Crippen molar-refractivity contribution < 1.29 is 4.74 Å². The third-order valence-corrected chi connectivity index (χ3v) is 3.21. The first-order valence-electron chi connectivity index (χ1n) is 6.81. The normalized spacial score (nSPS) is 10.9. The van der Waals surface area contributed by atoms with Crippen LogP contribution in [0.5, 0.6) is 5.88 Å². The van der Waals surface area contributed by atoms with Crippen molar-refractivity contribution in [2.75, 3.05) is 6.61 Å². The minimum atomic E-state index is 0.691. The molecule has 0 N–H and O–H groups in total. The highest BCUT2D eigenvalue weighted by molar-refractivity contribution is 5.67. The van der Waals surface area contributed by atoms with Gasteiger partial charge in [-0.15, -0.1) is 0 Å². The van der Waals surface area contributed by atoms with Crippen molar-refractivity contribution in [3.8, 4) is 17.0 Å². The first-order chi connectivity index (χ1) is 9.78. The van der Waals surface area contributed by atoms with E-state index >= 15 is 0 Å². The maximum atomic E-state index is 5.56. The van der Waals surface area contributed by atoms with Gasteiger partial charge < -0.3 is 9.14 Å². The Morgan fingerprint density at radius 1 is 1.20 bits per heavy atom. The molecule has 0 fully saturated rings. The van der Waals surface area contributed by atoms with E-state index in [0.717, 1.165) is 28.9 Å². The molecule has 4 nitrogen and oxygen atoms in total. The molecule has 4 heteroatoms. The van der Waals surface area contributed by atoms with Crippen LogP contribution >= 0.6 is 0 Å². The molecule has 0 atom stereocenters. The van der Waals surface area contributed by atoms with Gasteiger partial charge in [0.25, 0.3) is 0 Å². The monoisotopic (exact) mass is 267 g/mol. The van der Waals surface area contributed by atoms with Gasteiger partial charge in [0.1, 0.15) is 5.65 Å². The molecule has 0 aliphatic rings. The number of rotatable bonds is 4. The first-order valence-corrected chi connectivity index (χ1v) is 6.81. The number of hydrogen-bond donors (Lipinski definition) is 0. The van der Waals surface area contributed by atoms with Crippen molar-refractivity contribution in [3.63, 3.8) is 0 Å². The Hall–Kier alpha value is -2.36. The van der Waals surface area contributed by atoms with E-state index in [4.69, 9.17) is 4.74 Å². The van der Waals surface area contributed by atoms with E-state index < -0.39 is 0 Å². The first kappa shape index (κ1) is 12.7. The Balaban J connectivity index is 1.96. The van der Waals surface area contributed by atoms with Crippen LogP contribution in [-0.4, -0.2) is 21.0 Å². The molecular weight excluding hydrogens is 250 g/mol. The minimum absolute atomic E-state index is 0.691. The molecule has 0 saturated heterocycles. The zero-order valence-corrected chi connectivity index (χ0v) is 11.7. The zero-order chi connectivity index (χ0) is 13.9. The van der Waals surface area contributed by atoms with Gasteiger partial charge in [0.05, 0.1) is 6.61 Å². The summed E-state index contributed by atoms with van der Waals surface area (Å²) in [5.41, 5.74) is 4.16. The Kier molecular flexibility index (Phi) is 3.37. The second-order valence-electron chi connectivity index (χ2n) is 4.74. The van der Waals surface area contributed by atoms with E-state index in [1.165, 1.54) is 0 Å². The van der Waals surface area contributed by atoms with Crippen molar-refractivity contribution in [1.82, 2.24) is 14.4 Å². The summed E-state index contributed by atoms with van der Waals surface area (Å²) < 4.78 is 7.57. The summed E-state index contributed by atoms with van der Waals surface area (Å²) in [6.07, 6.45) is 6.80. The topological polar surface area (TPSA) is 39.4 Å². The molecule has 0 aromatic carbocycles. The summed E-state index contributed by atoms with van der Waals surface area (Å²) in [5, 5.41) is 0. The van der Waals surface area contributed by atoms with Crippen molar-refractivity contribution in [2.45, 2.75) is 20.3 Å². The fraction of sp³-hybridized carbons (Fsp3) is 0.250. The van der Waals surface area contributed by atoms with Gasteiger partial charge >= 0.3 is 0 Å². The predicted molar refractivity (Wildman–Crippen MR) is 78.9 cm³/mol. The number of aromatic nitrogens is 3. The second kappa shape index (κ2) is 5.33. The maximum Gasteiger partial charge on any atom is 0.213 e. The van der Waals surface area contributed by atoms with E-state index in [2.05, 4.69) is 35.2 Å². The lowest BCUT2D eigenvalue weighted by atomic mass is 10.1. The molecule has 102 valence electrons. The number of imidazole rings is 1. The molecular formula is C16H17N3O. The van der Waals surface area contributed by atoms with Gasteiger partial charge in [-0.05, 0) is 31.5 Å². The summed E-state index contributed by atoms with van der Waals surface area (Å²) in [5.74, 6) is 0.691. The zero-order valence-electron chi connectivity index (χ0n) is 11.7. The lowest BCUT2D eigenvalue weighted by molar-refractivity contribution is 0.305. The Morgan fingerprint density at radius 3 is 2.90 bits per heavy atom. The molecule has 3 aromatic heterocycles. The van der Waals surface area contributed by atoms with E-state index in [0.29, 0.717) is 12.5 Å². The molecule has 3 aromatic rings. The molecule has 3 heterocycles. The van der Waals surface area contributed by atoms with Crippen LogP contribution in [0.1, 0.15) is 19.0 Å². The van der Waals surface area contributed by atoms with Crippen LogP contribution in [0.3, 0.4) is 0 Å². The van der Waals surface area contributed by atoms with Crippen LogP contribution in [0, 0.1) is 6.92 Å². The van der Waals surface area contributed by atoms with Crippen LogP contribution in [0.4, 0.5) is 0 Å².